The molecular formula is C9H10ClN3O2. The third-order valence-electron chi connectivity index (χ3n) is 2.32. The van der Waals surface area contributed by atoms with Crippen LogP contribution in [0.25, 0.3) is 0 Å². The van der Waals surface area contributed by atoms with Crippen LogP contribution in [0.4, 0.5) is 0 Å². The standard InChI is InChI=1S/C9H10ClN3O2/c10-9-11-3-6(4-12-9)8(15)13-2-1-7(14)5-13/h3-4,7,14H,1-2,5H2/t7-/m0/s1. The highest BCUT2D eigenvalue weighted by molar-refractivity contribution is 6.28. The van der Waals surface area contributed by atoms with Gasteiger partial charge in [-0.05, 0) is 18.0 Å². The van der Waals surface area contributed by atoms with Crippen molar-refractivity contribution in [1.29, 1.82) is 0 Å². The van der Waals surface area contributed by atoms with Crippen LogP contribution in [-0.2, 0) is 0 Å². The maximum absolute atomic E-state index is 11.8. The number of nitrogens with zero attached hydrogens (tertiary/aromatic N) is 3. The van der Waals surface area contributed by atoms with Crippen LogP contribution in [0.2, 0.25) is 5.28 Å². The molecular weight excluding hydrogens is 218 g/mol. The number of amides is 1. The molecule has 1 aliphatic heterocycles. The van der Waals surface area contributed by atoms with Gasteiger partial charge in [0.05, 0.1) is 11.7 Å². The number of carbonyl (C=O) groups excluding carboxylic acids is 1. The first-order valence-corrected chi connectivity index (χ1v) is 4.99. The Bertz CT molecular complexity index is 368. The molecule has 1 aliphatic rings. The van der Waals surface area contributed by atoms with E-state index < -0.39 is 6.10 Å². The Morgan fingerprint density at radius 3 is 2.73 bits per heavy atom. The Morgan fingerprint density at radius 1 is 1.53 bits per heavy atom. The minimum absolute atomic E-state index is 0.119. The van der Waals surface area contributed by atoms with E-state index in [1.54, 1.807) is 4.90 Å². The van der Waals surface area contributed by atoms with E-state index in [2.05, 4.69) is 9.97 Å². The first-order valence-electron chi connectivity index (χ1n) is 4.61. The van der Waals surface area contributed by atoms with Gasteiger partial charge in [-0.25, -0.2) is 9.97 Å². The minimum atomic E-state index is -0.415. The predicted molar refractivity (Wildman–Crippen MR) is 53.6 cm³/mol. The normalized spacial score (nSPS) is 20.7. The fraction of sp³-hybridized carbons (Fsp3) is 0.444. The molecule has 0 radical (unpaired) electrons. The second kappa shape index (κ2) is 4.12. The fourth-order valence-corrected chi connectivity index (χ4v) is 1.63. The van der Waals surface area contributed by atoms with Gasteiger partial charge in [0.1, 0.15) is 0 Å². The van der Waals surface area contributed by atoms with Gasteiger partial charge < -0.3 is 10.0 Å². The summed E-state index contributed by atoms with van der Waals surface area (Å²) in [5.74, 6) is -0.164. The van der Waals surface area contributed by atoms with Crippen molar-refractivity contribution < 1.29 is 9.90 Å². The molecule has 0 saturated carbocycles. The number of halogens is 1. The molecule has 1 fully saturated rings. The van der Waals surface area contributed by atoms with E-state index in [-0.39, 0.29) is 11.2 Å². The maximum atomic E-state index is 11.8. The summed E-state index contributed by atoms with van der Waals surface area (Å²) in [6.45, 7) is 0.948. The highest BCUT2D eigenvalue weighted by atomic mass is 35.5. The van der Waals surface area contributed by atoms with Crippen molar-refractivity contribution >= 4 is 17.5 Å². The van der Waals surface area contributed by atoms with E-state index in [1.165, 1.54) is 12.4 Å². The Balaban J connectivity index is 2.11. The fourth-order valence-electron chi connectivity index (χ4n) is 1.53. The molecule has 0 unspecified atom stereocenters. The molecule has 2 heterocycles. The van der Waals surface area contributed by atoms with Crippen LogP contribution in [0.1, 0.15) is 16.8 Å². The first kappa shape index (κ1) is 10.3. The molecule has 0 spiro atoms. The highest BCUT2D eigenvalue weighted by Crippen LogP contribution is 2.12. The van der Waals surface area contributed by atoms with Gasteiger partial charge in [0.15, 0.2) is 0 Å². The molecule has 1 aromatic rings. The second-order valence-corrected chi connectivity index (χ2v) is 3.77. The Morgan fingerprint density at radius 2 is 2.20 bits per heavy atom. The predicted octanol–water partition coefficient (Wildman–Crippen LogP) is 0.337. The number of aliphatic hydroxyl groups excluding tert-OH is 1. The molecule has 0 aromatic carbocycles. The number of β-amino-alcohol motifs (C(OH)–C–C–N with tert-alkyl or cyclic N) is 1. The lowest BCUT2D eigenvalue weighted by Gasteiger charge is -2.14. The smallest absolute Gasteiger partial charge is 0.257 e. The van der Waals surface area contributed by atoms with Crippen molar-refractivity contribution in [3.63, 3.8) is 0 Å². The quantitative estimate of drug-likeness (QED) is 0.703. The molecule has 1 saturated heterocycles. The van der Waals surface area contributed by atoms with Crippen molar-refractivity contribution in [2.24, 2.45) is 0 Å². The zero-order chi connectivity index (χ0) is 10.8. The van der Waals surface area contributed by atoms with Crippen LogP contribution < -0.4 is 0 Å². The van der Waals surface area contributed by atoms with Gasteiger partial charge in [0.25, 0.3) is 5.91 Å². The largest absolute Gasteiger partial charge is 0.391 e. The lowest BCUT2D eigenvalue weighted by Crippen LogP contribution is -2.29. The van der Waals surface area contributed by atoms with Crippen LogP contribution in [0.5, 0.6) is 0 Å². The number of hydrogen-bond acceptors (Lipinski definition) is 4. The second-order valence-electron chi connectivity index (χ2n) is 3.43. The van der Waals surface area contributed by atoms with Gasteiger partial charge in [0, 0.05) is 25.5 Å². The van der Waals surface area contributed by atoms with Crippen molar-refractivity contribution in [2.75, 3.05) is 13.1 Å². The SMILES string of the molecule is O=C(c1cnc(Cl)nc1)N1CC[C@H](O)C1. The molecule has 2 rings (SSSR count). The lowest BCUT2D eigenvalue weighted by molar-refractivity contribution is 0.0764. The third-order valence-corrected chi connectivity index (χ3v) is 2.51. The number of aliphatic hydroxyl groups is 1. The zero-order valence-electron chi connectivity index (χ0n) is 7.93. The molecule has 0 aliphatic carbocycles. The maximum Gasteiger partial charge on any atom is 0.257 e. The van der Waals surface area contributed by atoms with Crippen LogP contribution in [0.15, 0.2) is 12.4 Å². The Hall–Kier alpha value is -1.20. The van der Waals surface area contributed by atoms with Crippen molar-refractivity contribution in [2.45, 2.75) is 12.5 Å². The van der Waals surface area contributed by atoms with Gasteiger partial charge in [0.2, 0.25) is 5.28 Å². The van der Waals surface area contributed by atoms with Gasteiger partial charge in [-0.15, -0.1) is 0 Å². The summed E-state index contributed by atoms with van der Waals surface area (Å²) >= 11 is 5.51. The topological polar surface area (TPSA) is 66.3 Å². The van der Waals surface area contributed by atoms with Crippen LogP contribution in [0, 0.1) is 0 Å². The summed E-state index contributed by atoms with van der Waals surface area (Å²) in [6, 6.07) is 0. The monoisotopic (exact) mass is 227 g/mol. The number of rotatable bonds is 1. The van der Waals surface area contributed by atoms with E-state index in [0.29, 0.717) is 25.1 Å². The van der Waals surface area contributed by atoms with E-state index in [9.17, 15) is 9.90 Å². The summed E-state index contributed by atoms with van der Waals surface area (Å²) in [5.41, 5.74) is 0.397. The molecule has 5 nitrogen and oxygen atoms in total. The summed E-state index contributed by atoms with van der Waals surface area (Å²) in [7, 11) is 0. The summed E-state index contributed by atoms with van der Waals surface area (Å²) < 4.78 is 0. The van der Waals surface area contributed by atoms with Crippen molar-refractivity contribution in [3.05, 3.63) is 23.2 Å². The number of likely N-dealkylation sites (tertiary alicyclic amines) is 1. The molecule has 1 atom stereocenters. The Labute approximate surface area is 91.7 Å². The Kier molecular flexibility index (Phi) is 2.83. The van der Waals surface area contributed by atoms with E-state index in [0.717, 1.165) is 0 Å². The van der Waals surface area contributed by atoms with E-state index >= 15 is 0 Å². The molecule has 6 heteroatoms. The van der Waals surface area contributed by atoms with Crippen LogP contribution in [-0.4, -0.2) is 45.1 Å². The van der Waals surface area contributed by atoms with E-state index in [1.807, 2.05) is 0 Å². The average molecular weight is 228 g/mol. The number of carbonyl (C=O) groups is 1. The van der Waals surface area contributed by atoms with Gasteiger partial charge in [-0.2, -0.15) is 0 Å². The molecule has 1 N–H and O–H groups in total. The first-order chi connectivity index (χ1) is 7.16. The summed E-state index contributed by atoms with van der Waals surface area (Å²) in [5, 5.41) is 9.41. The zero-order valence-corrected chi connectivity index (χ0v) is 8.68. The van der Waals surface area contributed by atoms with Crippen molar-refractivity contribution in [1.82, 2.24) is 14.9 Å². The molecule has 1 aromatic heterocycles. The van der Waals surface area contributed by atoms with Gasteiger partial charge in [-0.3, -0.25) is 4.79 Å². The third kappa shape index (κ3) is 2.24. The van der Waals surface area contributed by atoms with Gasteiger partial charge in [-0.1, -0.05) is 0 Å². The minimum Gasteiger partial charge on any atom is -0.391 e. The number of aromatic nitrogens is 2. The summed E-state index contributed by atoms with van der Waals surface area (Å²) in [4.78, 5) is 20.8. The molecule has 15 heavy (non-hydrogen) atoms. The molecule has 1 amide bonds. The average Bonchev–Trinajstić information content (AvgIpc) is 2.65. The lowest BCUT2D eigenvalue weighted by atomic mass is 10.3. The highest BCUT2D eigenvalue weighted by Gasteiger charge is 2.25. The molecule has 80 valence electrons. The van der Waals surface area contributed by atoms with Crippen LogP contribution >= 0.6 is 11.6 Å². The summed E-state index contributed by atoms with van der Waals surface area (Å²) in [6.07, 6.45) is 2.99. The molecule has 0 bridgehead atoms. The van der Waals surface area contributed by atoms with Crippen molar-refractivity contribution in [3.8, 4) is 0 Å². The van der Waals surface area contributed by atoms with Crippen LogP contribution in [0.3, 0.4) is 0 Å². The number of hydrogen-bond donors (Lipinski definition) is 1. The van der Waals surface area contributed by atoms with Gasteiger partial charge >= 0.3 is 0 Å². The van der Waals surface area contributed by atoms with E-state index in [4.69, 9.17) is 11.6 Å².